The fourth-order valence-electron chi connectivity index (χ4n) is 7.99. The number of hydrazine groups is 6. The highest BCUT2D eigenvalue weighted by Gasteiger charge is 2.22. The van der Waals surface area contributed by atoms with Gasteiger partial charge in [0.05, 0.1) is 35.4 Å². The summed E-state index contributed by atoms with van der Waals surface area (Å²) < 4.78 is 23.6. The highest BCUT2D eigenvalue weighted by molar-refractivity contribution is 6.08. The van der Waals surface area contributed by atoms with Crippen LogP contribution in [0.5, 0.6) is 11.5 Å². The summed E-state index contributed by atoms with van der Waals surface area (Å²) in [5, 5.41) is 6.48. The number of benzene rings is 6. The van der Waals surface area contributed by atoms with Crippen LogP contribution in [0.4, 0.5) is 11.4 Å². The van der Waals surface area contributed by atoms with Gasteiger partial charge in [-0.15, -0.1) is 0 Å². The molecule has 2 fully saturated rings. The van der Waals surface area contributed by atoms with Gasteiger partial charge in [-0.05, 0) is 122 Å². The molecule has 0 aliphatic carbocycles. The number of carbonyl (C=O) groups is 2. The third kappa shape index (κ3) is 13.7. The summed E-state index contributed by atoms with van der Waals surface area (Å²) in [6, 6.07) is 47.7. The zero-order chi connectivity index (χ0) is 49.5. The average molecular weight is 989 g/mol. The van der Waals surface area contributed by atoms with E-state index in [1.165, 1.54) is 23.3 Å². The molecule has 0 radical (unpaired) electrons. The minimum atomic E-state index is -0.447. The number of aryl methyl sites for hydroxylation is 2. The first-order valence-corrected chi connectivity index (χ1v) is 23.7. The Morgan fingerprint density at radius 2 is 0.849 bits per heavy atom. The molecule has 8 aromatic rings. The van der Waals surface area contributed by atoms with Crippen LogP contribution in [0.3, 0.4) is 0 Å². The van der Waals surface area contributed by atoms with Gasteiger partial charge in [0.15, 0.2) is 22.0 Å². The van der Waals surface area contributed by atoms with E-state index in [1.54, 1.807) is 84.9 Å². The van der Waals surface area contributed by atoms with Gasteiger partial charge in [-0.1, -0.05) is 72.8 Å². The lowest BCUT2D eigenvalue weighted by atomic mass is 10.1. The molecule has 19 nitrogen and oxygen atoms in total. The van der Waals surface area contributed by atoms with E-state index < -0.39 is 12.3 Å². The van der Waals surface area contributed by atoms with E-state index in [0.717, 1.165) is 38.5 Å². The molecule has 0 spiro atoms. The highest BCUT2D eigenvalue weighted by atomic mass is 16.5. The molecule has 2 saturated heterocycles. The van der Waals surface area contributed by atoms with Crippen molar-refractivity contribution < 1.29 is 33.4 Å². The SMILES string of the molecule is O.O=C(Nc1cccc2c(=O)cc(C3NNNN3)oc12)c1ccc(OCCCCc2ccccc2)cc1.O=C(Nc1cccc2c(=O)cc(C3NNNN3)oc12)c1ccc(OCCCCc2ccccc2)cc1. The van der Waals surface area contributed by atoms with Gasteiger partial charge >= 0.3 is 0 Å². The van der Waals surface area contributed by atoms with Gasteiger partial charge in [0.1, 0.15) is 35.4 Å². The normalized spacial score (nSPS) is 13.5. The molecule has 2 amide bonds. The predicted molar refractivity (Wildman–Crippen MR) is 278 cm³/mol. The van der Waals surface area contributed by atoms with E-state index in [0.29, 0.717) is 80.7 Å². The quantitative estimate of drug-likeness (QED) is 0.0423. The van der Waals surface area contributed by atoms with E-state index in [1.807, 2.05) is 12.1 Å². The van der Waals surface area contributed by atoms with Crippen molar-refractivity contribution in [2.75, 3.05) is 23.8 Å². The fourth-order valence-corrected chi connectivity index (χ4v) is 7.99. The molecule has 376 valence electrons. The number of hydrogen-bond donors (Lipinski definition) is 10. The van der Waals surface area contributed by atoms with Gasteiger partial charge in [-0.3, -0.25) is 19.2 Å². The average Bonchev–Trinajstić information content (AvgIpc) is 4.17. The largest absolute Gasteiger partial charge is 0.494 e. The molecule has 0 bridgehead atoms. The Kier molecular flexibility index (Phi) is 17.8. The Hall–Kier alpha value is -8.08. The number of ether oxygens (including phenoxy) is 2. The van der Waals surface area contributed by atoms with Crippen molar-refractivity contribution >= 4 is 45.1 Å². The third-order valence-corrected chi connectivity index (χ3v) is 11.8. The number of amides is 2. The van der Waals surface area contributed by atoms with E-state index >= 15 is 0 Å². The Balaban J connectivity index is 0.000000192. The van der Waals surface area contributed by atoms with E-state index in [4.69, 9.17) is 18.3 Å². The van der Waals surface area contributed by atoms with Crippen LogP contribution in [0.1, 0.15) is 81.4 Å². The molecule has 0 atom stereocenters. The molecule has 10 rings (SSSR count). The number of unbranched alkanes of at least 4 members (excludes halogenated alkanes) is 2. The van der Waals surface area contributed by atoms with Gasteiger partial charge in [0, 0.05) is 23.3 Å². The monoisotopic (exact) mass is 988 g/mol. The second kappa shape index (κ2) is 25.3. The predicted octanol–water partition coefficient (Wildman–Crippen LogP) is 6.30. The Bertz CT molecular complexity index is 2990. The zero-order valence-corrected chi connectivity index (χ0v) is 39.6. The molecule has 19 heteroatoms. The smallest absolute Gasteiger partial charge is 0.255 e. The van der Waals surface area contributed by atoms with Gasteiger partial charge in [0.2, 0.25) is 0 Å². The number of para-hydroxylation sites is 2. The van der Waals surface area contributed by atoms with E-state index in [-0.39, 0.29) is 28.1 Å². The van der Waals surface area contributed by atoms with Crippen LogP contribution in [-0.2, 0) is 12.8 Å². The van der Waals surface area contributed by atoms with Crippen LogP contribution >= 0.6 is 0 Å². The Morgan fingerprint density at radius 3 is 1.23 bits per heavy atom. The molecule has 4 heterocycles. The zero-order valence-electron chi connectivity index (χ0n) is 39.6. The first-order valence-electron chi connectivity index (χ1n) is 23.7. The molecule has 0 saturated carbocycles. The summed E-state index contributed by atoms with van der Waals surface area (Å²) >= 11 is 0. The van der Waals surface area contributed by atoms with Crippen LogP contribution in [-0.4, -0.2) is 30.5 Å². The molecule has 6 aromatic carbocycles. The minimum absolute atomic E-state index is 0. The van der Waals surface area contributed by atoms with E-state index in [9.17, 15) is 19.2 Å². The first kappa shape index (κ1) is 51.3. The maximum Gasteiger partial charge on any atom is 0.255 e. The number of rotatable bonds is 18. The topological polar surface area (TPSA) is 265 Å². The van der Waals surface area contributed by atoms with Crippen molar-refractivity contribution in [2.45, 2.75) is 50.9 Å². The minimum Gasteiger partial charge on any atom is -0.494 e. The van der Waals surface area contributed by atoms with Crippen molar-refractivity contribution in [3.05, 3.63) is 212 Å². The Labute approximate surface area is 419 Å². The molecular formula is C54H56N10O9. The lowest BCUT2D eigenvalue weighted by Crippen LogP contribution is -2.33. The van der Waals surface area contributed by atoms with Crippen LogP contribution in [0, 0.1) is 0 Å². The molecule has 73 heavy (non-hydrogen) atoms. The summed E-state index contributed by atoms with van der Waals surface area (Å²) in [7, 11) is 0. The molecule has 12 N–H and O–H groups in total. The maximum absolute atomic E-state index is 12.9. The number of fused-ring (bicyclic) bond motifs is 2. The van der Waals surface area contributed by atoms with Crippen molar-refractivity contribution in [3.8, 4) is 11.5 Å². The third-order valence-electron chi connectivity index (χ3n) is 11.8. The highest BCUT2D eigenvalue weighted by Crippen LogP contribution is 2.27. The van der Waals surface area contributed by atoms with Gasteiger partial charge in [-0.25, -0.2) is 21.7 Å². The maximum atomic E-state index is 12.9. The van der Waals surface area contributed by atoms with Crippen molar-refractivity contribution in [2.24, 2.45) is 0 Å². The second-order valence-electron chi connectivity index (χ2n) is 16.9. The van der Waals surface area contributed by atoms with Crippen LogP contribution in [0.2, 0.25) is 0 Å². The number of hydrogen-bond acceptors (Lipinski definition) is 16. The van der Waals surface area contributed by atoms with Gasteiger partial charge in [-0.2, -0.15) is 22.1 Å². The van der Waals surface area contributed by atoms with Crippen LogP contribution in [0.25, 0.3) is 21.9 Å². The summed E-state index contributed by atoms with van der Waals surface area (Å²) in [5.74, 6) is 1.54. The van der Waals surface area contributed by atoms with Crippen LogP contribution < -0.4 is 74.8 Å². The summed E-state index contributed by atoms with van der Waals surface area (Å²) in [6.07, 6.45) is 5.16. The summed E-state index contributed by atoms with van der Waals surface area (Å²) in [5.41, 5.74) is 26.9. The summed E-state index contributed by atoms with van der Waals surface area (Å²) in [6.45, 7) is 1.23. The number of nitrogens with one attached hydrogen (secondary N) is 10. The lowest BCUT2D eigenvalue weighted by molar-refractivity contribution is 0.101. The molecular weight excluding hydrogens is 933 g/mol. The second-order valence-corrected chi connectivity index (χ2v) is 16.9. The number of anilines is 2. The standard InChI is InChI=1S/2C27H27N5O4.H2O/c2*33-23-17-24(26-29-31-32-30-26)36-25-21(23)10-6-11-22(25)28-27(34)19-12-14-20(15-13-19)35-16-5-4-9-18-7-2-1-3-8-18;/h2*1-3,6-8,10-15,17,26,29-32H,4-5,9,16H2,(H,28,34);1H2. The van der Waals surface area contributed by atoms with Crippen molar-refractivity contribution in [3.63, 3.8) is 0 Å². The van der Waals surface area contributed by atoms with Gasteiger partial charge < -0.3 is 34.4 Å². The lowest BCUT2D eigenvalue weighted by Gasteiger charge is -2.12. The first-order chi connectivity index (χ1) is 35.3. The van der Waals surface area contributed by atoms with Crippen molar-refractivity contribution in [1.82, 2.24) is 43.8 Å². The van der Waals surface area contributed by atoms with E-state index in [2.05, 4.69) is 103 Å². The summed E-state index contributed by atoms with van der Waals surface area (Å²) in [4.78, 5) is 51.1. The van der Waals surface area contributed by atoms with Crippen LogP contribution in [0.15, 0.2) is 176 Å². The Morgan fingerprint density at radius 1 is 0.466 bits per heavy atom. The van der Waals surface area contributed by atoms with Crippen molar-refractivity contribution in [1.29, 1.82) is 0 Å². The van der Waals surface area contributed by atoms with Gasteiger partial charge in [0.25, 0.3) is 11.8 Å². The molecule has 2 aromatic heterocycles. The number of carbonyl (C=O) groups excluding carboxylic acids is 2. The molecule has 2 aliphatic rings. The molecule has 2 aliphatic heterocycles. The molecule has 0 unspecified atom stereocenters. The fraction of sp³-hybridized carbons (Fsp3) is 0.185.